The molecule has 1 aromatic carbocycles. The normalized spacial score (nSPS) is 19.1. The number of fused-ring (bicyclic) bond motifs is 1. The zero-order valence-electron chi connectivity index (χ0n) is 16.2. The molecule has 1 aliphatic heterocycles. The lowest BCUT2D eigenvalue weighted by atomic mass is 10.1. The number of benzene rings is 1. The van der Waals surface area contributed by atoms with Crippen molar-refractivity contribution in [2.24, 2.45) is 0 Å². The molecule has 1 atom stereocenters. The van der Waals surface area contributed by atoms with Crippen LogP contribution in [0.3, 0.4) is 0 Å². The van der Waals surface area contributed by atoms with Gasteiger partial charge >= 0.3 is 12.0 Å². The highest BCUT2D eigenvalue weighted by Crippen LogP contribution is 2.37. The standard InChI is InChI=1S/C20H22N4O4S/c1-3-28-18(26)16-11(2)21-19(27)22-15(16)10-29-20-23-14-7-5-4-6-13(14)17(25)24(20)12-8-9-12/h4-7,11-12H,3,8-10H2,1-2H3,(H2,21,22,27). The minimum Gasteiger partial charge on any atom is -0.463 e. The van der Waals surface area contributed by atoms with Crippen LogP contribution in [0.4, 0.5) is 4.79 Å². The van der Waals surface area contributed by atoms with Gasteiger partial charge in [-0.2, -0.15) is 0 Å². The first-order chi connectivity index (χ1) is 14.0. The van der Waals surface area contributed by atoms with Crippen molar-refractivity contribution in [2.45, 2.75) is 43.9 Å². The van der Waals surface area contributed by atoms with Gasteiger partial charge in [-0.15, -0.1) is 0 Å². The van der Waals surface area contributed by atoms with Gasteiger partial charge in [-0.25, -0.2) is 14.6 Å². The lowest BCUT2D eigenvalue weighted by molar-refractivity contribution is -0.138. The number of rotatable bonds is 6. The van der Waals surface area contributed by atoms with Crippen molar-refractivity contribution in [3.63, 3.8) is 0 Å². The van der Waals surface area contributed by atoms with Crippen LogP contribution in [0.25, 0.3) is 10.9 Å². The predicted molar refractivity (Wildman–Crippen MR) is 110 cm³/mol. The van der Waals surface area contributed by atoms with Crippen molar-refractivity contribution in [3.05, 3.63) is 45.9 Å². The Morgan fingerprint density at radius 3 is 2.79 bits per heavy atom. The van der Waals surface area contributed by atoms with E-state index in [0.29, 0.717) is 33.1 Å². The second kappa shape index (κ2) is 7.90. The number of hydrogen-bond donors (Lipinski definition) is 2. The first kappa shape index (κ1) is 19.5. The molecule has 1 saturated carbocycles. The summed E-state index contributed by atoms with van der Waals surface area (Å²) in [6.45, 7) is 3.72. The molecule has 1 unspecified atom stereocenters. The monoisotopic (exact) mass is 414 g/mol. The van der Waals surface area contributed by atoms with Crippen LogP contribution in [0.1, 0.15) is 32.7 Å². The fourth-order valence-corrected chi connectivity index (χ4v) is 4.45. The Bertz CT molecular complexity index is 1070. The van der Waals surface area contributed by atoms with E-state index in [0.717, 1.165) is 12.8 Å². The van der Waals surface area contributed by atoms with Crippen molar-refractivity contribution in [1.29, 1.82) is 0 Å². The summed E-state index contributed by atoms with van der Waals surface area (Å²) >= 11 is 1.34. The predicted octanol–water partition coefficient (Wildman–Crippen LogP) is 2.34. The number of carbonyl (C=O) groups is 2. The molecule has 4 rings (SSSR count). The molecule has 1 aromatic heterocycles. The number of aromatic nitrogens is 2. The SMILES string of the molecule is CCOC(=O)C1=C(CSc2nc3ccccc3c(=O)n2C2CC2)NC(=O)NC1C. The topological polar surface area (TPSA) is 102 Å². The van der Waals surface area contributed by atoms with E-state index < -0.39 is 12.0 Å². The molecule has 2 aliphatic rings. The molecule has 2 aromatic rings. The minimum atomic E-state index is -0.464. The highest BCUT2D eigenvalue weighted by molar-refractivity contribution is 7.99. The van der Waals surface area contributed by atoms with E-state index in [1.807, 2.05) is 18.2 Å². The molecular weight excluding hydrogens is 392 g/mol. The average molecular weight is 414 g/mol. The Labute approximate surface area is 171 Å². The largest absolute Gasteiger partial charge is 0.463 e. The molecule has 29 heavy (non-hydrogen) atoms. The van der Waals surface area contributed by atoms with Gasteiger partial charge in [0.05, 0.1) is 29.1 Å². The lowest BCUT2D eigenvalue weighted by Crippen LogP contribution is -2.49. The lowest BCUT2D eigenvalue weighted by Gasteiger charge is -2.26. The molecule has 2 N–H and O–H groups in total. The van der Waals surface area contributed by atoms with Gasteiger partial charge in [0, 0.05) is 17.5 Å². The van der Waals surface area contributed by atoms with Gasteiger partial charge in [-0.05, 0) is 38.8 Å². The number of thioether (sulfide) groups is 1. The van der Waals surface area contributed by atoms with E-state index in [4.69, 9.17) is 4.74 Å². The van der Waals surface area contributed by atoms with E-state index in [1.54, 1.807) is 24.5 Å². The Balaban J connectivity index is 1.70. The number of nitrogens with one attached hydrogen (secondary N) is 2. The summed E-state index contributed by atoms with van der Waals surface area (Å²) in [4.78, 5) is 42.0. The fraction of sp³-hybridized carbons (Fsp3) is 0.400. The van der Waals surface area contributed by atoms with Crippen molar-refractivity contribution in [3.8, 4) is 0 Å². The number of carbonyl (C=O) groups excluding carboxylic acids is 2. The molecule has 0 saturated heterocycles. The molecule has 0 bridgehead atoms. The number of nitrogens with zero attached hydrogens (tertiary/aromatic N) is 2. The maximum absolute atomic E-state index is 13.0. The number of amides is 2. The summed E-state index contributed by atoms with van der Waals surface area (Å²) in [5.41, 5.74) is 1.46. The Morgan fingerprint density at radius 2 is 2.07 bits per heavy atom. The maximum Gasteiger partial charge on any atom is 0.337 e. The molecule has 0 radical (unpaired) electrons. The minimum absolute atomic E-state index is 0.0529. The highest BCUT2D eigenvalue weighted by atomic mass is 32.2. The Hall–Kier alpha value is -2.81. The van der Waals surface area contributed by atoms with E-state index >= 15 is 0 Å². The van der Waals surface area contributed by atoms with Gasteiger partial charge in [-0.1, -0.05) is 23.9 Å². The molecule has 1 fully saturated rings. The first-order valence-corrected chi connectivity index (χ1v) is 10.6. The molecule has 1 aliphatic carbocycles. The first-order valence-electron chi connectivity index (χ1n) is 9.61. The number of esters is 1. The summed E-state index contributed by atoms with van der Waals surface area (Å²) in [6.07, 6.45) is 1.89. The van der Waals surface area contributed by atoms with Crippen LogP contribution in [0.5, 0.6) is 0 Å². The molecule has 0 spiro atoms. The van der Waals surface area contributed by atoms with Crippen LogP contribution in [0.15, 0.2) is 45.5 Å². The summed E-state index contributed by atoms with van der Waals surface area (Å²) in [5, 5.41) is 6.58. The highest BCUT2D eigenvalue weighted by Gasteiger charge is 2.31. The zero-order chi connectivity index (χ0) is 20.5. The molecule has 9 heteroatoms. The quantitative estimate of drug-likeness (QED) is 0.427. The van der Waals surface area contributed by atoms with Crippen LogP contribution < -0.4 is 16.2 Å². The van der Waals surface area contributed by atoms with Crippen LogP contribution in [0, 0.1) is 0 Å². The van der Waals surface area contributed by atoms with Gasteiger partial charge in [0.15, 0.2) is 5.16 Å². The smallest absolute Gasteiger partial charge is 0.337 e. The summed E-state index contributed by atoms with van der Waals surface area (Å²) in [6, 6.07) is 6.60. The van der Waals surface area contributed by atoms with E-state index in [1.165, 1.54) is 11.8 Å². The van der Waals surface area contributed by atoms with E-state index in [-0.39, 0.29) is 24.2 Å². The second-order valence-electron chi connectivity index (χ2n) is 7.04. The average Bonchev–Trinajstić information content (AvgIpc) is 3.51. The van der Waals surface area contributed by atoms with Crippen LogP contribution in [-0.4, -0.2) is 40.0 Å². The third kappa shape index (κ3) is 3.87. The molecule has 8 nitrogen and oxygen atoms in total. The number of urea groups is 1. The van der Waals surface area contributed by atoms with E-state index in [2.05, 4.69) is 15.6 Å². The van der Waals surface area contributed by atoms with Crippen LogP contribution in [-0.2, 0) is 9.53 Å². The number of ether oxygens (including phenoxy) is 1. The molecular formula is C20H22N4O4S. The Kier molecular flexibility index (Phi) is 5.31. The van der Waals surface area contributed by atoms with Gasteiger partial charge in [0.1, 0.15) is 0 Å². The van der Waals surface area contributed by atoms with Crippen molar-refractivity contribution < 1.29 is 14.3 Å². The summed E-state index contributed by atoms with van der Waals surface area (Å²) in [5.74, 6) is -0.169. The third-order valence-corrected chi connectivity index (χ3v) is 5.88. The Morgan fingerprint density at radius 1 is 1.31 bits per heavy atom. The summed E-state index contributed by atoms with van der Waals surface area (Å²) < 4.78 is 6.89. The molecule has 152 valence electrons. The van der Waals surface area contributed by atoms with Crippen molar-refractivity contribution in [2.75, 3.05) is 12.4 Å². The third-order valence-electron chi connectivity index (χ3n) is 4.90. The second-order valence-corrected chi connectivity index (χ2v) is 7.98. The van der Waals surface area contributed by atoms with Crippen LogP contribution >= 0.6 is 11.8 Å². The van der Waals surface area contributed by atoms with Crippen molar-refractivity contribution in [1.82, 2.24) is 20.2 Å². The van der Waals surface area contributed by atoms with Gasteiger partial charge in [0.2, 0.25) is 0 Å². The number of para-hydroxylation sites is 1. The van der Waals surface area contributed by atoms with Gasteiger partial charge in [0.25, 0.3) is 5.56 Å². The maximum atomic E-state index is 13.0. The van der Waals surface area contributed by atoms with Crippen LogP contribution in [0.2, 0.25) is 0 Å². The molecule has 2 amide bonds. The molecule has 2 heterocycles. The number of hydrogen-bond acceptors (Lipinski definition) is 6. The fourth-order valence-electron chi connectivity index (χ4n) is 3.41. The summed E-state index contributed by atoms with van der Waals surface area (Å²) in [7, 11) is 0. The van der Waals surface area contributed by atoms with Gasteiger partial charge < -0.3 is 15.4 Å². The van der Waals surface area contributed by atoms with E-state index in [9.17, 15) is 14.4 Å². The zero-order valence-corrected chi connectivity index (χ0v) is 17.0. The van der Waals surface area contributed by atoms with Crippen molar-refractivity contribution >= 4 is 34.7 Å². The van der Waals surface area contributed by atoms with Gasteiger partial charge in [-0.3, -0.25) is 9.36 Å².